The highest BCUT2D eigenvalue weighted by molar-refractivity contribution is 7.15. The number of hydrogen-bond acceptors (Lipinski definition) is 5. The summed E-state index contributed by atoms with van der Waals surface area (Å²) in [6, 6.07) is 8.16. The number of nitrogen functional groups attached to an aromatic ring is 1. The summed E-state index contributed by atoms with van der Waals surface area (Å²) in [5.74, 6) is 0. The molecular formula is C16H21BN2O2S. The normalized spacial score (nSPS) is 19.6. The average Bonchev–Trinajstić information content (AvgIpc) is 2.86. The van der Waals surface area contributed by atoms with Gasteiger partial charge >= 0.3 is 7.12 Å². The summed E-state index contributed by atoms with van der Waals surface area (Å²) in [5.41, 5.74) is 8.15. The van der Waals surface area contributed by atoms with Crippen molar-refractivity contribution < 1.29 is 9.31 Å². The van der Waals surface area contributed by atoms with Crippen molar-refractivity contribution in [3.05, 3.63) is 29.1 Å². The fourth-order valence-electron chi connectivity index (χ4n) is 2.46. The Hall–Kier alpha value is -1.37. The topological polar surface area (TPSA) is 57.4 Å². The molecule has 3 rings (SSSR count). The standard InChI is InChI=1S/C16H21BN2O2S/c1-10-13(19-14(18)22-10)11-6-8-12(9-7-11)17-20-15(2,3)16(4,5)21-17/h6-9H,1-5H3,(H2,18,19). The predicted molar refractivity (Wildman–Crippen MR) is 92.4 cm³/mol. The molecule has 4 nitrogen and oxygen atoms in total. The van der Waals surface area contributed by atoms with E-state index in [1.807, 2.05) is 31.2 Å². The van der Waals surface area contributed by atoms with Gasteiger partial charge in [-0.2, -0.15) is 0 Å². The molecule has 0 radical (unpaired) electrons. The highest BCUT2D eigenvalue weighted by Crippen LogP contribution is 2.36. The summed E-state index contributed by atoms with van der Waals surface area (Å²) >= 11 is 1.51. The zero-order valence-corrected chi connectivity index (χ0v) is 14.5. The minimum absolute atomic E-state index is 0.323. The fourth-order valence-corrected chi connectivity index (χ4v) is 3.17. The Morgan fingerprint density at radius 2 is 1.59 bits per heavy atom. The Kier molecular flexibility index (Phi) is 3.59. The third-order valence-electron chi connectivity index (χ3n) is 4.52. The number of nitrogens with two attached hydrogens (primary N) is 1. The molecular weight excluding hydrogens is 295 g/mol. The number of aromatic nitrogens is 1. The molecule has 0 saturated carbocycles. The number of thiazole rings is 1. The van der Waals surface area contributed by atoms with Gasteiger partial charge in [0.1, 0.15) is 0 Å². The lowest BCUT2D eigenvalue weighted by Crippen LogP contribution is -2.41. The maximum Gasteiger partial charge on any atom is 0.494 e. The van der Waals surface area contributed by atoms with Crippen LogP contribution >= 0.6 is 11.3 Å². The van der Waals surface area contributed by atoms with E-state index in [1.54, 1.807) is 0 Å². The van der Waals surface area contributed by atoms with Crippen LogP contribution in [0.15, 0.2) is 24.3 Å². The first kappa shape index (κ1) is 15.5. The van der Waals surface area contributed by atoms with Crippen molar-refractivity contribution in [1.29, 1.82) is 0 Å². The maximum absolute atomic E-state index is 6.07. The summed E-state index contributed by atoms with van der Waals surface area (Å²) in [7, 11) is -0.333. The van der Waals surface area contributed by atoms with E-state index < -0.39 is 0 Å². The van der Waals surface area contributed by atoms with E-state index >= 15 is 0 Å². The van der Waals surface area contributed by atoms with Gasteiger partial charge in [-0.3, -0.25) is 0 Å². The average molecular weight is 316 g/mol. The molecule has 0 aliphatic carbocycles. The lowest BCUT2D eigenvalue weighted by molar-refractivity contribution is 0.00578. The van der Waals surface area contributed by atoms with Crippen LogP contribution in [0.4, 0.5) is 5.13 Å². The molecule has 116 valence electrons. The first-order chi connectivity index (χ1) is 10.2. The van der Waals surface area contributed by atoms with Gasteiger partial charge in [-0.1, -0.05) is 24.3 Å². The minimum atomic E-state index is -0.333. The molecule has 2 N–H and O–H groups in total. The van der Waals surface area contributed by atoms with Gasteiger partial charge in [0.25, 0.3) is 0 Å². The van der Waals surface area contributed by atoms with Crippen LogP contribution in [0.5, 0.6) is 0 Å². The Labute approximate surface area is 135 Å². The van der Waals surface area contributed by atoms with E-state index in [1.165, 1.54) is 11.3 Å². The lowest BCUT2D eigenvalue weighted by Gasteiger charge is -2.32. The molecule has 2 heterocycles. The van der Waals surface area contributed by atoms with E-state index in [4.69, 9.17) is 15.0 Å². The summed E-state index contributed by atoms with van der Waals surface area (Å²) in [6.45, 7) is 10.3. The van der Waals surface area contributed by atoms with Crippen LogP contribution in [-0.4, -0.2) is 23.3 Å². The van der Waals surface area contributed by atoms with E-state index in [0.29, 0.717) is 5.13 Å². The first-order valence-corrected chi connectivity index (χ1v) is 8.20. The van der Waals surface area contributed by atoms with E-state index in [0.717, 1.165) is 21.6 Å². The molecule has 1 aromatic heterocycles. The van der Waals surface area contributed by atoms with E-state index in [-0.39, 0.29) is 18.3 Å². The maximum atomic E-state index is 6.07. The van der Waals surface area contributed by atoms with Crippen LogP contribution in [0, 0.1) is 6.92 Å². The van der Waals surface area contributed by atoms with Crippen molar-refractivity contribution in [1.82, 2.24) is 4.98 Å². The van der Waals surface area contributed by atoms with Crippen molar-refractivity contribution in [2.45, 2.75) is 45.8 Å². The van der Waals surface area contributed by atoms with Gasteiger partial charge in [0.2, 0.25) is 0 Å². The van der Waals surface area contributed by atoms with Gasteiger partial charge in [-0.05, 0) is 40.1 Å². The number of benzene rings is 1. The van der Waals surface area contributed by atoms with Crippen molar-refractivity contribution in [3.63, 3.8) is 0 Å². The Morgan fingerprint density at radius 1 is 1.05 bits per heavy atom. The minimum Gasteiger partial charge on any atom is -0.399 e. The van der Waals surface area contributed by atoms with Crippen molar-refractivity contribution >= 4 is 29.0 Å². The van der Waals surface area contributed by atoms with E-state index in [2.05, 4.69) is 32.7 Å². The molecule has 1 saturated heterocycles. The second kappa shape index (κ2) is 5.08. The second-order valence-electron chi connectivity index (χ2n) is 6.67. The Bertz CT molecular complexity index is 679. The molecule has 22 heavy (non-hydrogen) atoms. The number of rotatable bonds is 2. The van der Waals surface area contributed by atoms with Crippen molar-refractivity contribution in [2.75, 3.05) is 5.73 Å². The molecule has 0 unspecified atom stereocenters. The van der Waals surface area contributed by atoms with E-state index in [9.17, 15) is 0 Å². The fraction of sp³-hybridized carbons (Fsp3) is 0.438. The van der Waals surface area contributed by atoms with Crippen LogP contribution in [-0.2, 0) is 9.31 Å². The first-order valence-electron chi connectivity index (χ1n) is 7.38. The molecule has 6 heteroatoms. The molecule has 1 fully saturated rings. The molecule has 1 aliphatic rings. The van der Waals surface area contributed by atoms with Crippen molar-refractivity contribution in [3.8, 4) is 11.3 Å². The summed E-state index contributed by atoms with van der Waals surface area (Å²) in [4.78, 5) is 5.51. The third-order valence-corrected chi connectivity index (χ3v) is 5.32. The zero-order chi connectivity index (χ0) is 16.1. The number of hydrogen-bond donors (Lipinski definition) is 1. The molecule has 2 aromatic rings. The van der Waals surface area contributed by atoms with Gasteiger partial charge in [-0.15, -0.1) is 11.3 Å². The van der Waals surface area contributed by atoms with Crippen LogP contribution in [0.1, 0.15) is 32.6 Å². The summed E-state index contributed by atoms with van der Waals surface area (Å²) in [6.07, 6.45) is 0. The van der Waals surface area contributed by atoms with Crippen LogP contribution < -0.4 is 11.2 Å². The highest BCUT2D eigenvalue weighted by atomic mass is 32.1. The summed E-state index contributed by atoms with van der Waals surface area (Å²) < 4.78 is 12.1. The SMILES string of the molecule is Cc1sc(N)nc1-c1ccc(B2OC(C)(C)C(C)(C)O2)cc1. The largest absolute Gasteiger partial charge is 0.494 e. The number of aryl methyl sites for hydroxylation is 1. The molecule has 0 atom stereocenters. The van der Waals surface area contributed by atoms with Crippen LogP contribution in [0.2, 0.25) is 0 Å². The van der Waals surface area contributed by atoms with Gasteiger partial charge in [-0.25, -0.2) is 4.98 Å². The quantitative estimate of drug-likeness (QED) is 0.865. The Morgan fingerprint density at radius 3 is 2.05 bits per heavy atom. The predicted octanol–water partition coefficient (Wildman–Crippen LogP) is 3.00. The molecule has 1 aromatic carbocycles. The summed E-state index contributed by atoms with van der Waals surface area (Å²) in [5, 5.41) is 0.600. The lowest BCUT2D eigenvalue weighted by atomic mass is 9.79. The zero-order valence-electron chi connectivity index (χ0n) is 13.6. The molecule has 0 bridgehead atoms. The number of nitrogens with zero attached hydrogens (tertiary/aromatic N) is 1. The highest BCUT2D eigenvalue weighted by Gasteiger charge is 2.51. The third kappa shape index (κ3) is 2.55. The number of anilines is 1. The smallest absolute Gasteiger partial charge is 0.399 e. The van der Waals surface area contributed by atoms with Crippen LogP contribution in [0.25, 0.3) is 11.3 Å². The second-order valence-corrected chi connectivity index (χ2v) is 7.90. The van der Waals surface area contributed by atoms with Crippen LogP contribution in [0.3, 0.4) is 0 Å². The van der Waals surface area contributed by atoms with Crippen molar-refractivity contribution in [2.24, 2.45) is 0 Å². The molecule has 0 spiro atoms. The molecule has 1 aliphatic heterocycles. The van der Waals surface area contributed by atoms with Gasteiger partial charge in [0.15, 0.2) is 5.13 Å². The van der Waals surface area contributed by atoms with Gasteiger partial charge in [0.05, 0.1) is 16.9 Å². The van der Waals surface area contributed by atoms with Gasteiger partial charge < -0.3 is 15.0 Å². The monoisotopic (exact) mass is 316 g/mol. The Balaban J connectivity index is 1.85. The van der Waals surface area contributed by atoms with Gasteiger partial charge in [0, 0.05) is 10.4 Å². The molecule has 0 amide bonds.